The van der Waals surface area contributed by atoms with Crippen LogP contribution in [0.25, 0.3) is 0 Å². The first-order valence-electron chi connectivity index (χ1n) is 7.30. The third-order valence-corrected chi connectivity index (χ3v) is 5.26. The van der Waals surface area contributed by atoms with E-state index in [9.17, 15) is 23.1 Å². The maximum atomic E-state index is 12.7. The van der Waals surface area contributed by atoms with Crippen molar-refractivity contribution >= 4 is 21.9 Å². The lowest BCUT2D eigenvalue weighted by Crippen LogP contribution is -2.48. The smallest absolute Gasteiger partial charge is 0.326 e. The van der Waals surface area contributed by atoms with Crippen LogP contribution in [0.5, 0.6) is 0 Å². The monoisotopic (exact) mass is 340 g/mol. The summed E-state index contributed by atoms with van der Waals surface area (Å²) in [5, 5.41) is 14.5. The van der Waals surface area contributed by atoms with Gasteiger partial charge in [-0.1, -0.05) is 0 Å². The summed E-state index contributed by atoms with van der Waals surface area (Å²) in [5.74, 6) is -1.53. The van der Waals surface area contributed by atoms with Crippen LogP contribution in [0.1, 0.15) is 40.7 Å². The van der Waals surface area contributed by atoms with Gasteiger partial charge < -0.3 is 10.0 Å². The number of hydrogen-bond acceptors (Lipinski definition) is 4. The van der Waals surface area contributed by atoms with Crippen LogP contribution in [-0.4, -0.2) is 42.9 Å². The number of aryl methyl sites for hydroxylation is 1. The summed E-state index contributed by atoms with van der Waals surface area (Å²) in [6.45, 7) is 3.64. The Labute approximate surface area is 135 Å². The van der Waals surface area contributed by atoms with Gasteiger partial charge in [0.05, 0.1) is 4.90 Å². The molecule has 7 nitrogen and oxygen atoms in total. The number of nitrogens with two attached hydrogens (primary N) is 1. The molecule has 1 aromatic carbocycles. The number of carbonyl (C=O) groups excluding carboxylic acids is 1. The summed E-state index contributed by atoms with van der Waals surface area (Å²) < 4.78 is 23.4. The van der Waals surface area contributed by atoms with Crippen molar-refractivity contribution in [2.24, 2.45) is 5.14 Å². The number of nitrogens with zero attached hydrogens (tertiary/aromatic N) is 1. The highest BCUT2D eigenvalue weighted by Crippen LogP contribution is 2.24. The van der Waals surface area contributed by atoms with Gasteiger partial charge in [0, 0.05) is 12.1 Å². The molecule has 1 amide bonds. The predicted octanol–water partition coefficient (Wildman–Crippen LogP) is 1.03. The van der Waals surface area contributed by atoms with Crippen molar-refractivity contribution in [2.75, 3.05) is 6.54 Å². The standard InChI is InChI=1S/C15H20N2O5S/c1-9-7-11(8-13(10(9)2)23(16,21)22)14(18)17-6-4-3-5-12(17)15(19)20/h7-8,12H,3-6H2,1-2H3,(H,19,20)(H2,16,21,22)/t12-/m1/s1. The van der Waals surface area contributed by atoms with Crippen molar-refractivity contribution in [2.45, 2.75) is 44.0 Å². The summed E-state index contributed by atoms with van der Waals surface area (Å²) >= 11 is 0. The molecule has 23 heavy (non-hydrogen) atoms. The molecule has 1 aliphatic rings. The van der Waals surface area contributed by atoms with Crippen molar-refractivity contribution in [3.63, 3.8) is 0 Å². The number of piperidine rings is 1. The first-order valence-corrected chi connectivity index (χ1v) is 8.85. The first kappa shape index (κ1) is 17.4. The van der Waals surface area contributed by atoms with E-state index in [1.165, 1.54) is 11.0 Å². The topological polar surface area (TPSA) is 118 Å². The lowest BCUT2D eigenvalue weighted by atomic mass is 9.99. The molecule has 0 saturated carbocycles. The van der Waals surface area contributed by atoms with Crippen LogP contribution in [0.2, 0.25) is 0 Å². The summed E-state index contributed by atoms with van der Waals surface area (Å²) in [4.78, 5) is 25.2. The number of rotatable bonds is 3. The maximum Gasteiger partial charge on any atom is 0.326 e. The number of hydrogen-bond donors (Lipinski definition) is 2. The number of aliphatic carboxylic acids is 1. The molecule has 126 valence electrons. The van der Waals surface area contributed by atoms with Gasteiger partial charge in [0.15, 0.2) is 0 Å². The quantitative estimate of drug-likeness (QED) is 0.852. The second kappa shape index (κ2) is 6.29. The van der Waals surface area contributed by atoms with Crippen molar-refractivity contribution < 1.29 is 23.1 Å². The van der Waals surface area contributed by atoms with E-state index in [2.05, 4.69) is 0 Å². The third-order valence-electron chi connectivity index (χ3n) is 4.22. The van der Waals surface area contributed by atoms with E-state index in [1.807, 2.05) is 0 Å². The molecule has 1 aromatic rings. The number of sulfonamides is 1. The van der Waals surface area contributed by atoms with Gasteiger partial charge >= 0.3 is 5.97 Å². The highest BCUT2D eigenvalue weighted by Gasteiger charge is 2.33. The molecule has 3 N–H and O–H groups in total. The number of likely N-dealkylation sites (tertiary alicyclic amines) is 1. The van der Waals surface area contributed by atoms with Gasteiger partial charge in [-0.2, -0.15) is 0 Å². The molecule has 0 radical (unpaired) electrons. The van der Waals surface area contributed by atoms with Crippen LogP contribution in [0.4, 0.5) is 0 Å². The first-order chi connectivity index (χ1) is 10.6. The fourth-order valence-electron chi connectivity index (χ4n) is 2.84. The summed E-state index contributed by atoms with van der Waals surface area (Å²) in [6, 6.07) is 1.92. The lowest BCUT2D eigenvalue weighted by molar-refractivity contribution is -0.143. The summed E-state index contributed by atoms with van der Waals surface area (Å²) in [6.07, 6.45) is 1.87. The molecule has 1 heterocycles. The van der Waals surface area contributed by atoms with Gasteiger partial charge in [-0.15, -0.1) is 0 Å². The number of primary sulfonamides is 1. The third kappa shape index (κ3) is 3.53. The van der Waals surface area contributed by atoms with Crippen LogP contribution in [0.15, 0.2) is 17.0 Å². The minimum atomic E-state index is -3.96. The largest absolute Gasteiger partial charge is 0.480 e. The van der Waals surface area contributed by atoms with Crippen LogP contribution in [0, 0.1) is 13.8 Å². The Morgan fingerprint density at radius 2 is 1.91 bits per heavy atom. The van der Waals surface area contributed by atoms with Gasteiger partial charge in [-0.25, -0.2) is 18.4 Å². The van der Waals surface area contributed by atoms with Crippen LogP contribution < -0.4 is 5.14 Å². The molecule has 1 fully saturated rings. The molecule has 1 saturated heterocycles. The maximum absolute atomic E-state index is 12.7. The zero-order chi connectivity index (χ0) is 17.4. The van der Waals surface area contributed by atoms with Gasteiger partial charge in [-0.3, -0.25) is 4.79 Å². The summed E-state index contributed by atoms with van der Waals surface area (Å²) in [7, 11) is -3.96. The minimum absolute atomic E-state index is 0.107. The van der Waals surface area contributed by atoms with E-state index in [0.717, 1.165) is 12.8 Å². The molecular formula is C15H20N2O5S. The van der Waals surface area contributed by atoms with Crippen molar-refractivity contribution in [1.82, 2.24) is 4.90 Å². The Hall–Kier alpha value is -1.93. The second-order valence-corrected chi connectivity index (χ2v) is 7.34. The SMILES string of the molecule is Cc1cc(C(=O)N2CCCC[C@@H]2C(=O)O)cc(S(N)(=O)=O)c1C. The minimum Gasteiger partial charge on any atom is -0.480 e. The molecule has 8 heteroatoms. The molecular weight excluding hydrogens is 320 g/mol. The Bertz CT molecular complexity index is 757. The van der Waals surface area contributed by atoms with Crippen LogP contribution in [0.3, 0.4) is 0 Å². The molecule has 0 unspecified atom stereocenters. The highest BCUT2D eigenvalue weighted by atomic mass is 32.2. The highest BCUT2D eigenvalue weighted by molar-refractivity contribution is 7.89. The normalized spacial score (nSPS) is 18.7. The van der Waals surface area contributed by atoms with Crippen molar-refractivity contribution in [1.29, 1.82) is 0 Å². The molecule has 1 aliphatic heterocycles. The van der Waals surface area contributed by atoms with E-state index in [4.69, 9.17) is 5.14 Å². The molecule has 0 bridgehead atoms. The van der Waals surface area contributed by atoms with E-state index < -0.39 is 27.9 Å². The van der Waals surface area contributed by atoms with Gasteiger partial charge in [-0.05, 0) is 56.4 Å². The Balaban J connectivity index is 2.47. The van der Waals surface area contributed by atoms with Gasteiger partial charge in [0.25, 0.3) is 5.91 Å². The van der Waals surface area contributed by atoms with E-state index in [0.29, 0.717) is 24.1 Å². The summed E-state index contributed by atoms with van der Waals surface area (Å²) in [5.41, 5.74) is 1.24. The molecule has 0 aliphatic carbocycles. The average molecular weight is 340 g/mol. The number of benzene rings is 1. The van der Waals surface area contributed by atoms with Crippen LogP contribution >= 0.6 is 0 Å². The number of amides is 1. The fraction of sp³-hybridized carbons (Fsp3) is 0.467. The van der Waals surface area contributed by atoms with Gasteiger partial charge in [0.1, 0.15) is 6.04 Å². The predicted molar refractivity (Wildman–Crippen MR) is 83.6 cm³/mol. The van der Waals surface area contributed by atoms with Gasteiger partial charge in [0.2, 0.25) is 10.0 Å². The van der Waals surface area contributed by atoms with Crippen molar-refractivity contribution in [3.05, 3.63) is 28.8 Å². The molecule has 1 atom stereocenters. The Morgan fingerprint density at radius 3 is 2.48 bits per heavy atom. The molecule has 0 aromatic heterocycles. The zero-order valence-electron chi connectivity index (χ0n) is 13.1. The molecule has 0 spiro atoms. The van der Waals surface area contributed by atoms with Crippen molar-refractivity contribution in [3.8, 4) is 0 Å². The zero-order valence-corrected chi connectivity index (χ0v) is 13.9. The lowest BCUT2D eigenvalue weighted by Gasteiger charge is -2.33. The molecule has 2 rings (SSSR count). The van der Waals surface area contributed by atoms with E-state index in [1.54, 1.807) is 19.9 Å². The Morgan fingerprint density at radius 1 is 1.26 bits per heavy atom. The van der Waals surface area contributed by atoms with E-state index in [-0.39, 0.29) is 10.5 Å². The number of carbonyl (C=O) groups is 2. The van der Waals surface area contributed by atoms with E-state index >= 15 is 0 Å². The Kier molecular flexibility index (Phi) is 4.76. The fourth-order valence-corrected chi connectivity index (χ4v) is 3.72. The average Bonchev–Trinajstić information content (AvgIpc) is 2.47. The second-order valence-electron chi connectivity index (χ2n) is 5.81. The number of carboxylic acid groups (broad SMARTS) is 1. The van der Waals surface area contributed by atoms with Crippen LogP contribution in [-0.2, 0) is 14.8 Å². The number of carboxylic acids is 1.